The van der Waals surface area contributed by atoms with Gasteiger partial charge >= 0.3 is 0 Å². The summed E-state index contributed by atoms with van der Waals surface area (Å²) in [6, 6.07) is 12.8. The smallest absolute Gasteiger partial charge is 0.251 e. The Hall–Kier alpha value is -3.00. The molecule has 1 fully saturated rings. The van der Waals surface area contributed by atoms with Crippen molar-refractivity contribution in [3.63, 3.8) is 0 Å². The minimum Gasteiger partial charge on any atom is -0.371 e. The van der Waals surface area contributed by atoms with Gasteiger partial charge in [-0.2, -0.15) is 0 Å². The van der Waals surface area contributed by atoms with Crippen molar-refractivity contribution in [2.24, 2.45) is 0 Å². The first kappa shape index (κ1) is 22.2. The minimum absolute atomic E-state index is 0.0485. The molecule has 0 bridgehead atoms. The normalized spacial score (nSPS) is 16.5. The second-order valence-electron chi connectivity index (χ2n) is 8.23. The maximum Gasteiger partial charge on any atom is 0.251 e. The molecule has 3 N–H and O–H groups in total. The van der Waals surface area contributed by atoms with E-state index in [2.05, 4.69) is 26.9 Å². The Labute approximate surface area is 192 Å². The van der Waals surface area contributed by atoms with E-state index in [1.807, 2.05) is 24.3 Å². The van der Waals surface area contributed by atoms with Crippen LogP contribution in [0.1, 0.15) is 43.0 Å². The lowest BCUT2D eigenvalue weighted by atomic mass is 10.1. The van der Waals surface area contributed by atoms with Crippen LogP contribution in [-0.4, -0.2) is 42.6 Å². The summed E-state index contributed by atoms with van der Waals surface area (Å²) in [5.41, 5.74) is 3.00. The maximum absolute atomic E-state index is 12.7. The van der Waals surface area contributed by atoms with Crippen LogP contribution in [0.4, 0.5) is 17.1 Å². The Morgan fingerprint density at radius 1 is 1.16 bits per heavy atom. The molecule has 0 saturated carbocycles. The average Bonchev–Trinajstić information content (AvgIpc) is 3.23. The van der Waals surface area contributed by atoms with Crippen molar-refractivity contribution in [3.8, 4) is 0 Å². The zero-order chi connectivity index (χ0) is 22.5. The molecule has 1 unspecified atom stereocenters. The summed E-state index contributed by atoms with van der Waals surface area (Å²) in [7, 11) is 0. The molecule has 1 saturated heterocycles. The van der Waals surface area contributed by atoms with Crippen LogP contribution in [0, 0.1) is 0 Å². The highest BCUT2D eigenvalue weighted by molar-refractivity contribution is 7.99. The number of hydrogen-bond donors (Lipinski definition) is 3. The lowest BCUT2D eigenvalue weighted by Crippen LogP contribution is -2.35. The largest absolute Gasteiger partial charge is 0.371 e. The van der Waals surface area contributed by atoms with Crippen molar-refractivity contribution in [2.45, 2.75) is 43.5 Å². The molecule has 7 nitrogen and oxygen atoms in total. The van der Waals surface area contributed by atoms with Gasteiger partial charge in [0.25, 0.3) is 5.91 Å². The van der Waals surface area contributed by atoms with Gasteiger partial charge in [0.2, 0.25) is 11.8 Å². The molecule has 0 aromatic heterocycles. The van der Waals surface area contributed by atoms with Crippen molar-refractivity contribution in [2.75, 3.05) is 34.4 Å². The van der Waals surface area contributed by atoms with Crippen molar-refractivity contribution < 1.29 is 14.4 Å². The quantitative estimate of drug-likeness (QED) is 0.619. The van der Waals surface area contributed by atoms with Crippen molar-refractivity contribution in [1.82, 2.24) is 5.32 Å². The summed E-state index contributed by atoms with van der Waals surface area (Å²) in [6.45, 7) is 3.90. The highest BCUT2D eigenvalue weighted by Gasteiger charge is 2.18. The number of amides is 3. The Balaban J connectivity index is 1.32. The first-order valence-electron chi connectivity index (χ1n) is 11.0. The molecular formula is C24H28N4O3S. The Kier molecular flexibility index (Phi) is 6.99. The molecule has 1 atom stereocenters. The summed E-state index contributed by atoms with van der Waals surface area (Å²) >= 11 is 1.59. The van der Waals surface area contributed by atoms with E-state index in [0.717, 1.165) is 35.1 Å². The predicted octanol–water partition coefficient (Wildman–Crippen LogP) is 3.87. The Morgan fingerprint density at radius 3 is 2.78 bits per heavy atom. The molecule has 3 amide bonds. The molecule has 2 aromatic rings. The number of benzene rings is 2. The third-order valence-electron chi connectivity index (χ3n) is 5.57. The van der Waals surface area contributed by atoms with Crippen LogP contribution < -0.4 is 20.9 Å². The summed E-state index contributed by atoms with van der Waals surface area (Å²) in [5, 5.41) is 8.66. The third kappa shape index (κ3) is 5.62. The molecule has 8 heteroatoms. The average molecular weight is 453 g/mol. The first-order valence-corrected chi connectivity index (χ1v) is 12.0. The molecule has 168 valence electrons. The number of nitrogens with zero attached hydrogens (tertiary/aromatic N) is 1. The number of carbonyl (C=O) groups excluding carboxylic acids is 3. The summed E-state index contributed by atoms with van der Waals surface area (Å²) in [4.78, 5) is 40.3. The van der Waals surface area contributed by atoms with Gasteiger partial charge in [0, 0.05) is 59.6 Å². The van der Waals surface area contributed by atoms with E-state index >= 15 is 0 Å². The van der Waals surface area contributed by atoms with Gasteiger partial charge in [0.05, 0.1) is 5.69 Å². The van der Waals surface area contributed by atoms with E-state index in [9.17, 15) is 14.4 Å². The van der Waals surface area contributed by atoms with Crippen molar-refractivity contribution in [1.29, 1.82) is 0 Å². The van der Waals surface area contributed by atoms with Gasteiger partial charge in [-0.15, -0.1) is 11.8 Å². The predicted molar refractivity (Wildman–Crippen MR) is 128 cm³/mol. The van der Waals surface area contributed by atoms with Crippen LogP contribution in [0.3, 0.4) is 0 Å². The molecule has 2 aliphatic rings. The van der Waals surface area contributed by atoms with Crippen molar-refractivity contribution in [3.05, 3.63) is 48.0 Å². The molecule has 2 heterocycles. The van der Waals surface area contributed by atoms with Crippen LogP contribution >= 0.6 is 11.8 Å². The SMILES string of the molecule is CC(CC(=O)Nc1cccc(N2CCCC2)c1)NC(=O)c1ccc2c(c1)NC(=O)CCS2. The monoisotopic (exact) mass is 452 g/mol. The van der Waals surface area contributed by atoms with Crippen molar-refractivity contribution >= 4 is 46.5 Å². The lowest BCUT2D eigenvalue weighted by Gasteiger charge is -2.19. The molecular weight excluding hydrogens is 424 g/mol. The minimum atomic E-state index is -0.341. The lowest BCUT2D eigenvalue weighted by molar-refractivity contribution is -0.117. The van der Waals surface area contributed by atoms with Gasteiger partial charge in [0.15, 0.2) is 0 Å². The zero-order valence-corrected chi connectivity index (χ0v) is 19.0. The Morgan fingerprint density at radius 2 is 1.97 bits per heavy atom. The summed E-state index contributed by atoms with van der Waals surface area (Å²) in [5.74, 6) is 0.250. The van der Waals surface area contributed by atoms with Gasteiger partial charge in [-0.1, -0.05) is 6.07 Å². The van der Waals surface area contributed by atoms with Crippen LogP contribution in [0.25, 0.3) is 0 Å². The van der Waals surface area contributed by atoms with Gasteiger partial charge in [-0.05, 0) is 56.2 Å². The molecule has 32 heavy (non-hydrogen) atoms. The fraction of sp³-hybridized carbons (Fsp3) is 0.375. The third-order valence-corrected chi connectivity index (χ3v) is 6.65. The maximum atomic E-state index is 12.7. The van der Waals surface area contributed by atoms with Gasteiger partial charge in [-0.3, -0.25) is 14.4 Å². The fourth-order valence-electron chi connectivity index (χ4n) is 3.97. The number of hydrogen-bond acceptors (Lipinski definition) is 5. The molecule has 0 aliphatic carbocycles. The fourth-order valence-corrected chi connectivity index (χ4v) is 4.90. The van der Waals surface area contributed by atoms with Crippen LogP contribution in [0.2, 0.25) is 0 Å². The van der Waals surface area contributed by atoms with Crippen LogP contribution in [0.15, 0.2) is 47.4 Å². The van der Waals surface area contributed by atoms with Gasteiger partial charge < -0.3 is 20.9 Å². The van der Waals surface area contributed by atoms with E-state index in [1.54, 1.807) is 30.8 Å². The van der Waals surface area contributed by atoms with E-state index in [-0.39, 0.29) is 30.2 Å². The first-order chi connectivity index (χ1) is 15.5. The molecule has 2 aliphatic heterocycles. The number of anilines is 3. The standard InChI is InChI=1S/C24H28N4O3S/c1-16(13-23(30)26-18-5-4-6-19(15-18)28-10-2-3-11-28)25-24(31)17-7-8-21-20(14-17)27-22(29)9-12-32-21/h4-8,14-16H,2-3,9-13H2,1H3,(H,25,31)(H,26,30)(H,27,29). The van der Waals surface area contributed by atoms with Crippen LogP contribution in [0.5, 0.6) is 0 Å². The second kappa shape index (κ2) is 10.1. The molecule has 4 rings (SSSR count). The number of rotatable bonds is 6. The number of fused-ring (bicyclic) bond motifs is 1. The second-order valence-corrected chi connectivity index (χ2v) is 9.37. The van der Waals surface area contributed by atoms with E-state index in [0.29, 0.717) is 17.7 Å². The highest BCUT2D eigenvalue weighted by atomic mass is 32.2. The van der Waals surface area contributed by atoms with E-state index in [4.69, 9.17) is 0 Å². The number of thioether (sulfide) groups is 1. The van der Waals surface area contributed by atoms with E-state index < -0.39 is 0 Å². The zero-order valence-electron chi connectivity index (χ0n) is 18.1. The molecule has 0 spiro atoms. The summed E-state index contributed by atoms with van der Waals surface area (Å²) < 4.78 is 0. The Bertz CT molecular complexity index is 1020. The van der Waals surface area contributed by atoms with Gasteiger partial charge in [-0.25, -0.2) is 0 Å². The molecule has 0 radical (unpaired) electrons. The van der Waals surface area contributed by atoms with Crippen LogP contribution in [-0.2, 0) is 9.59 Å². The topological polar surface area (TPSA) is 90.5 Å². The highest BCUT2D eigenvalue weighted by Crippen LogP contribution is 2.31. The number of nitrogens with one attached hydrogen (secondary N) is 3. The molecule has 2 aromatic carbocycles. The van der Waals surface area contributed by atoms with Gasteiger partial charge in [0.1, 0.15) is 0 Å². The summed E-state index contributed by atoms with van der Waals surface area (Å²) in [6.07, 6.45) is 3.01. The number of carbonyl (C=O) groups is 3. The van der Waals surface area contributed by atoms with E-state index in [1.165, 1.54) is 12.8 Å².